The van der Waals surface area contributed by atoms with Crippen molar-refractivity contribution in [2.75, 3.05) is 12.9 Å². The Bertz CT molecular complexity index is 924. The van der Waals surface area contributed by atoms with Crippen molar-refractivity contribution in [2.24, 2.45) is 0 Å². The fourth-order valence-electron chi connectivity index (χ4n) is 3.50. The van der Waals surface area contributed by atoms with Crippen LogP contribution < -0.4 is 0 Å². The molecule has 7 heteroatoms. The predicted molar refractivity (Wildman–Crippen MR) is 101 cm³/mol. The van der Waals surface area contributed by atoms with Crippen molar-refractivity contribution in [2.45, 2.75) is 42.7 Å². The Morgan fingerprint density at radius 2 is 1.85 bits per heavy atom. The summed E-state index contributed by atoms with van der Waals surface area (Å²) in [7, 11) is -3.33. The molecule has 1 aliphatic heterocycles. The normalized spacial score (nSPS) is 26.1. The maximum atomic E-state index is 11.9. The molecule has 0 bridgehead atoms. The Labute approximate surface area is 159 Å². The van der Waals surface area contributed by atoms with E-state index in [1.54, 1.807) is 30.3 Å². The first-order valence-electron chi connectivity index (χ1n) is 8.75. The topological polar surface area (TPSA) is 104 Å². The van der Waals surface area contributed by atoms with E-state index in [0.29, 0.717) is 5.56 Å². The largest absolute Gasteiger partial charge is 0.394 e. The first kappa shape index (κ1) is 20.0. The summed E-state index contributed by atoms with van der Waals surface area (Å²) in [6.45, 7) is 1.62. The molecule has 0 aromatic heterocycles. The lowest BCUT2D eigenvalue weighted by Gasteiger charge is -2.37. The summed E-state index contributed by atoms with van der Waals surface area (Å²) in [5, 5.41) is 29.9. The van der Waals surface area contributed by atoms with Crippen LogP contribution in [0.5, 0.6) is 0 Å². The number of sulfone groups is 1. The van der Waals surface area contributed by atoms with E-state index < -0.39 is 34.3 Å². The molecular weight excluding hydrogens is 368 g/mol. The predicted octanol–water partition coefficient (Wildman–Crippen LogP) is 1.61. The van der Waals surface area contributed by atoms with Crippen LogP contribution in [-0.4, -0.2) is 54.9 Å². The van der Waals surface area contributed by atoms with Crippen molar-refractivity contribution < 1.29 is 28.5 Å². The molecule has 2 aromatic carbocycles. The van der Waals surface area contributed by atoms with Gasteiger partial charge in [0.1, 0.15) is 12.2 Å². The molecule has 27 heavy (non-hydrogen) atoms. The van der Waals surface area contributed by atoms with Crippen LogP contribution in [0.1, 0.15) is 23.7 Å². The van der Waals surface area contributed by atoms with E-state index in [9.17, 15) is 23.7 Å². The highest BCUT2D eigenvalue weighted by molar-refractivity contribution is 7.90. The Morgan fingerprint density at radius 3 is 2.52 bits per heavy atom. The Morgan fingerprint density at radius 1 is 1.15 bits per heavy atom. The van der Waals surface area contributed by atoms with Crippen LogP contribution in [-0.2, 0) is 14.6 Å². The van der Waals surface area contributed by atoms with Crippen LogP contribution in [0.4, 0.5) is 0 Å². The first-order chi connectivity index (χ1) is 12.7. The van der Waals surface area contributed by atoms with Gasteiger partial charge in [-0.05, 0) is 41.3 Å². The lowest BCUT2D eigenvalue weighted by Crippen LogP contribution is -2.44. The van der Waals surface area contributed by atoms with E-state index in [-0.39, 0.29) is 17.9 Å². The third-order valence-corrected chi connectivity index (χ3v) is 6.12. The van der Waals surface area contributed by atoms with Crippen LogP contribution in [0, 0.1) is 6.92 Å². The second-order valence-corrected chi connectivity index (χ2v) is 8.99. The quantitative estimate of drug-likeness (QED) is 0.730. The number of benzene rings is 2. The minimum absolute atomic E-state index is 0.170. The molecule has 3 rings (SSSR count). The molecule has 0 spiro atoms. The van der Waals surface area contributed by atoms with Crippen molar-refractivity contribution in [3.05, 3.63) is 53.6 Å². The highest BCUT2D eigenvalue weighted by Gasteiger charge is 2.38. The van der Waals surface area contributed by atoms with E-state index in [1.165, 1.54) is 0 Å². The summed E-state index contributed by atoms with van der Waals surface area (Å²) < 4.78 is 29.5. The molecule has 1 heterocycles. The molecule has 6 nitrogen and oxygen atoms in total. The highest BCUT2D eigenvalue weighted by Crippen LogP contribution is 2.37. The molecular formula is C20H24O6S. The third kappa shape index (κ3) is 4.07. The van der Waals surface area contributed by atoms with Crippen molar-refractivity contribution in [3.63, 3.8) is 0 Å². The van der Waals surface area contributed by atoms with Crippen LogP contribution in [0.2, 0.25) is 0 Å². The molecule has 4 unspecified atom stereocenters. The van der Waals surface area contributed by atoms with E-state index in [1.807, 2.05) is 19.1 Å². The number of hydrogen-bond donors (Lipinski definition) is 3. The van der Waals surface area contributed by atoms with Gasteiger partial charge in [0.05, 0.1) is 23.7 Å². The van der Waals surface area contributed by atoms with Gasteiger partial charge in [0.15, 0.2) is 9.84 Å². The molecule has 1 fully saturated rings. The Balaban J connectivity index is 2.04. The monoisotopic (exact) mass is 392 g/mol. The number of aliphatic hydroxyl groups is 3. The summed E-state index contributed by atoms with van der Waals surface area (Å²) in [5.41, 5.74) is 3.07. The van der Waals surface area contributed by atoms with Crippen molar-refractivity contribution in [1.29, 1.82) is 0 Å². The molecule has 0 radical (unpaired) electrons. The zero-order valence-corrected chi connectivity index (χ0v) is 16.1. The van der Waals surface area contributed by atoms with Gasteiger partial charge in [-0.2, -0.15) is 0 Å². The second-order valence-electron chi connectivity index (χ2n) is 6.97. The van der Waals surface area contributed by atoms with Gasteiger partial charge in [-0.25, -0.2) is 8.42 Å². The minimum atomic E-state index is -3.33. The highest BCUT2D eigenvalue weighted by atomic mass is 32.2. The number of hydrogen-bond acceptors (Lipinski definition) is 6. The fraction of sp³-hybridized carbons (Fsp3) is 0.400. The Hall–Kier alpha value is -1.77. The van der Waals surface area contributed by atoms with Crippen LogP contribution in [0.15, 0.2) is 47.4 Å². The molecule has 3 N–H and O–H groups in total. The van der Waals surface area contributed by atoms with Gasteiger partial charge in [0.25, 0.3) is 0 Å². The number of ether oxygens (including phenoxy) is 1. The van der Waals surface area contributed by atoms with E-state index >= 15 is 0 Å². The van der Waals surface area contributed by atoms with Gasteiger partial charge in [-0.15, -0.1) is 0 Å². The SMILES string of the molecule is Cc1c(-c2cccc(S(C)(=O)=O)c2)cccc1C1OC(CO)CC(O)C1O. The van der Waals surface area contributed by atoms with Gasteiger partial charge in [0.2, 0.25) is 0 Å². The summed E-state index contributed by atoms with van der Waals surface area (Å²) in [5.74, 6) is 0. The van der Waals surface area contributed by atoms with Crippen molar-refractivity contribution >= 4 is 9.84 Å². The lowest BCUT2D eigenvalue weighted by atomic mass is 9.88. The van der Waals surface area contributed by atoms with Crippen LogP contribution >= 0.6 is 0 Å². The van der Waals surface area contributed by atoms with E-state index in [4.69, 9.17) is 4.74 Å². The smallest absolute Gasteiger partial charge is 0.175 e. The van der Waals surface area contributed by atoms with Crippen LogP contribution in [0.3, 0.4) is 0 Å². The van der Waals surface area contributed by atoms with Crippen molar-refractivity contribution in [1.82, 2.24) is 0 Å². The molecule has 1 saturated heterocycles. The van der Waals surface area contributed by atoms with E-state index in [0.717, 1.165) is 22.9 Å². The summed E-state index contributed by atoms with van der Waals surface area (Å²) in [6, 6.07) is 12.2. The van der Waals surface area contributed by atoms with Gasteiger partial charge in [0, 0.05) is 12.7 Å². The Kier molecular flexibility index (Phi) is 5.69. The van der Waals surface area contributed by atoms with Gasteiger partial charge < -0.3 is 20.1 Å². The van der Waals surface area contributed by atoms with E-state index in [2.05, 4.69) is 0 Å². The summed E-state index contributed by atoms with van der Waals surface area (Å²) in [4.78, 5) is 0.231. The fourth-order valence-corrected chi connectivity index (χ4v) is 4.16. The second kappa shape index (κ2) is 7.69. The third-order valence-electron chi connectivity index (χ3n) is 5.01. The number of rotatable bonds is 4. The maximum Gasteiger partial charge on any atom is 0.175 e. The van der Waals surface area contributed by atoms with Gasteiger partial charge in [-0.3, -0.25) is 0 Å². The molecule has 1 aliphatic rings. The maximum absolute atomic E-state index is 11.9. The van der Waals surface area contributed by atoms with Gasteiger partial charge >= 0.3 is 0 Å². The van der Waals surface area contributed by atoms with Gasteiger partial charge in [-0.1, -0.05) is 30.3 Å². The van der Waals surface area contributed by atoms with Crippen molar-refractivity contribution in [3.8, 4) is 11.1 Å². The molecule has 0 amide bonds. The molecule has 4 atom stereocenters. The molecule has 0 aliphatic carbocycles. The zero-order chi connectivity index (χ0) is 19.8. The number of aliphatic hydroxyl groups excluding tert-OH is 3. The average molecular weight is 392 g/mol. The molecule has 2 aromatic rings. The summed E-state index contributed by atoms with van der Waals surface area (Å²) >= 11 is 0. The van der Waals surface area contributed by atoms with Crippen LogP contribution in [0.25, 0.3) is 11.1 Å². The standard InChI is InChI=1S/C20H24O6S/c1-12-16(13-5-3-6-15(9-13)27(2,24)25)7-4-8-17(12)20-19(23)18(22)10-14(11-21)26-20/h3-9,14,18-23H,10-11H2,1-2H3. The molecule has 146 valence electrons. The lowest BCUT2D eigenvalue weighted by molar-refractivity contribution is -0.179. The molecule has 0 saturated carbocycles. The average Bonchev–Trinajstić information content (AvgIpc) is 2.64. The zero-order valence-electron chi connectivity index (χ0n) is 15.2. The minimum Gasteiger partial charge on any atom is -0.394 e. The first-order valence-corrected chi connectivity index (χ1v) is 10.6. The summed E-state index contributed by atoms with van der Waals surface area (Å²) in [6.07, 6.45) is -2.09.